The Hall–Kier alpha value is -2.39. The van der Waals surface area contributed by atoms with Gasteiger partial charge >= 0.3 is 0 Å². The molecular formula is C17H17N3. The zero-order chi connectivity index (χ0) is 13.9. The van der Waals surface area contributed by atoms with Crippen molar-refractivity contribution in [3.63, 3.8) is 0 Å². The number of hydrogen-bond acceptors (Lipinski definition) is 2. The van der Waals surface area contributed by atoms with E-state index in [1.807, 2.05) is 41.2 Å². The fourth-order valence-electron chi connectivity index (χ4n) is 2.42. The highest BCUT2D eigenvalue weighted by Crippen LogP contribution is 2.27. The zero-order valence-electron chi connectivity index (χ0n) is 11.5. The largest absolute Gasteiger partial charge is 0.326 e. The number of para-hydroxylation sites is 1. The van der Waals surface area contributed by atoms with Crippen molar-refractivity contribution in [1.82, 2.24) is 9.78 Å². The van der Waals surface area contributed by atoms with Gasteiger partial charge in [-0.1, -0.05) is 48.5 Å². The summed E-state index contributed by atoms with van der Waals surface area (Å²) >= 11 is 0. The molecule has 3 nitrogen and oxygen atoms in total. The van der Waals surface area contributed by atoms with E-state index in [1.54, 1.807) is 0 Å². The number of nitrogens with zero attached hydrogens (tertiary/aromatic N) is 2. The Kier molecular flexibility index (Phi) is 3.35. The molecule has 2 N–H and O–H groups in total. The van der Waals surface area contributed by atoms with E-state index in [-0.39, 0.29) is 0 Å². The summed E-state index contributed by atoms with van der Waals surface area (Å²) in [7, 11) is 0. The van der Waals surface area contributed by atoms with E-state index in [4.69, 9.17) is 5.73 Å². The van der Waals surface area contributed by atoms with E-state index in [1.165, 1.54) is 5.56 Å². The fourth-order valence-corrected chi connectivity index (χ4v) is 2.42. The summed E-state index contributed by atoms with van der Waals surface area (Å²) in [6.07, 6.45) is 1.86. The van der Waals surface area contributed by atoms with Crippen LogP contribution in [0.5, 0.6) is 0 Å². The van der Waals surface area contributed by atoms with Gasteiger partial charge in [0, 0.05) is 17.7 Å². The molecular weight excluding hydrogens is 246 g/mol. The number of aromatic nitrogens is 2. The summed E-state index contributed by atoms with van der Waals surface area (Å²) in [5.74, 6) is 0. The van der Waals surface area contributed by atoms with Crippen LogP contribution in [-0.4, -0.2) is 9.78 Å². The molecule has 0 aliphatic carbocycles. The normalized spacial score (nSPS) is 10.7. The second kappa shape index (κ2) is 5.31. The summed E-state index contributed by atoms with van der Waals surface area (Å²) in [6, 6.07) is 18.5. The Morgan fingerprint density at radius 2 is 1.70 bits per heavy atom. The molecule has 0 unspecified atom stereocenters. The van der Waals surface area contributed by atoms with Crippen LogP contribution in [0.25, 0.3) is 16.9 Å². The maximum absolute atomic E-state index is 5.86. The third kappa shape index (κ3) is 2.12. The molecule has 0 saturated heterocycles. The summed E-state index contributed by atoms with van der Waals surface area (Å²) in [6.45, 7) is 2.57. The van der Waals surface area contributed by atoms with Crippen LogP contribution in [0.1, 0.15) is 11.1 Å². The molecule has 3 aromatic rings. The van der Waals surface area contributed by atoms with Crippen LogP contribution in [0.15, 0.2) is 60.8 Å². The summed E-state index contributed by atoms with van der Waals surface area (Å²) in [5.41, 5.74) is 11.4. The van der Waals surface area contributed by atoms with E-state index in [0.29, 0.717) is 6.54 Å². The number of benzene rings is 2. The van der Waals surface area contributed by atoms with Crippen LogP contribution in [0.4, 0.5) is 0 Å². The first-order valence-corrected chi connectivity index (χ1v) is 6.69. The van der Waals surface area contributed by atoms with Crippen LogP contribution in [0.2, 0.25) is 0 Å². The van der Waals surface area contributed by atoms with Crippen molar-refractivity contribution in [2.75, 3.05) is 0 Å². The molecule has 1 aromatic heterocycles. The number of rotatable bonds is 3. The monoisotopic (exact) mass is 263 g/mol. The van der Waals surface area contributed by atoms with Gasteiger partial charge in [0.15, 0.2) is 0 Å². The lowest BCUT2D eigenvalue weighted by Crippen LogP contribution is -2.03. The Bertz CT molecular complexity index is 714. The second-order valence-electron chi connectivity index (χ2n) is 4.79. The van der Waals surface area contributed by atoms with Gasteiger partial charge in [-0.2, -0.15) is 5.10 Å². The van der Waals surface area contributed by atoms with Gasteiger partial charge in [0.1, 0.15) is 0 Å². The number of hydrogen-bond donors (Lipinski definition) is 1. The topological polar surface area (TPSA) is 43.8 Å². The second-order valence-corrected chi connectivity index (χ2v) is 4.79. The first-order valence-electron chi connectivity index (χ1n) is 6.69. The molecule has 0 radical (unpaired) electrons. The minimum absolute atomic E-state index is 0.482. The minimum Gasteiger partial charge on any atom is -0.326 e. The highest BCUT2D eigenvalue weighted by molar-refractivity contribution is 5.66. The van der Waals surface area contributed by atoms with Gasteiger partial charge in [0.25, 0.3) is 0 Å². The average Bonchev–Trinajstić information content (AvgIpc) is 2.92. The lowest BCUT2D eigenvalue weighted by molar-refractivity contribution is 0.879. The van der Waals surface area contributed by atoms with Gasteiger partial charge in [-0.25, -0.2) is 4.68 Å². The minimum atomic E-state index is 0.482. The molecule has 0 aliphatic heterocycles. The number of aryl methyl sites for hydroxylation is 1. The average molecular weight is 263 g/mol. The van der Waals surface area contributed by atoms with E-state index in [0.717, 1.165) is 22.5 Å². The molecule has 3 heteroatoms. The third-order valence-electron chi connectivity index (χ3n) is 3.46. The molecule has 0 fully saturated rings. The predicted octanol–water partition coefficient (Wildman–Crippen LogP) is 3.31. The van der Waals surface area contributed by atoms with Crippen molar-refractivity contribution in [1.29, 1.82) is 0 Å². The van der Waals surface area contributed by atoms with Crippen LogP contribution >= 0.6 is 0 Å². The third-order valence-corrected chi connectivity index (χ3v) is 3.46. The molecule has 0 bridgehead atoms. The summed E-state index contributed by atoms with van der Waals surface area (Å²) < 4.78 is 1.98. The van der Waals surface area contributed by atoms with Crippen molar-refractivity contribution in [2.24, 2.45) is 5.73 Å². The smallest absolute Gasteiger partial charge is 0.0785 e. The van der Waals surface area contributed by atoms with Gasteiger partial charge in [-0.3, -0.25) is 0 Å². The van der Waals surface area contributed by atoms with Gasteiger partial charge in [0.2, 0.25) is 0 Å². The van der Waals surface area contributed by atoms with Crippen molar-refractivity contribution < 1.29 is 0 Å². The van der Waals surface area contributed by atoms with E-state index >= 15 is 0 Å². The molecule has 0 saturated carbocycles. The van der Waals surface area contributed by atoms with Crippen LogP contribution in [0.3, 0.4) is 0 Å². The highest BCUT2D eigenvalue weighted by Gasteiger charge is 2.14. The summed E-state index contributed by atoms with van der Waals surface area (Å²) in [5, 5.41) is 4.53. The molecule has 0 amide bonds. The first-order chi connectivity index (χ1) is 9.81. The van der Waals surface area contributed by atoms with Crippen molar-refractivity contribution in [2.45, 2.75) is 13.5 Å². The maximum atomic E-state index is 5.86. The van der Waals surface area contributed by atoms with Crippen molar-refractivity contribution in [3.05, 3.63) is 71.9 Å². The lowest BCUT2D eigenvalue weighted by Gasteiger charge is -2.11. The van der Waals surface area contributed by atoms with E-state index in [9.17, 15) is 0 Å². The molecule has 0 aliphatic rings. The molecule has 0 atom stereocenters. The molecule has 1 heterocycles. The van der Waals surface area contributed by atoms with Gasteiger partial charge in [0.05, 0.1) is 17.6 Å². The first kappa shape index (κ1) is 12.6. The van der Waals surface area contributed by atoms with E-state index in [2.05, 4.69) is 36.3 Å². The Morgan fingerprint density at radius 1 is 1.00 bits per heavy atom. The van der Waals surface area contributed by atoms with Crippen molar-refractivity contribution >= 4 is 0 Å². The quantitative estimate of drug-likeness (QED) is 0.788. The lowest BCUT2D eigenvalue weighted by atomic mass is 10.1. The summed E-state index contributed by atoms with van der Waals surface area (Å²) in [4.78, 5) is 0. The van der Waals surface area contributed by atoms with E-state index < -0.39 is 0 Å². The van der Waals surface area contributed by atoms with Gasteiger partial charge < -0.3 is 5.73 Å². The standard InChI is InChI=1S/C17H17N3/c1-13-7-5-6-10-16(13)20-17(15(11-18)12-19-20)14-8-3-2-4-9-14/h2-10,12H,11,18H2,1H3. The fraction of sp³-hybridized carbons (Fsp3) is 0.118. The Balaban J connectivity index is 2.24. The molecule has 3 rings (SSSR count). The van der Waals surface area contributed by atoms with Gasteiger partial charge in [-0.05, 0) is 18.6 Å². The van der Waals surface area contributed by atoms with Crippen LogP contribution < -0.4 is 5.73 Å². The molecule has 20 heavy (non-hydrogen) atoms. The van der Waals surface area contributed by atoms with Crippen LogP contribution in [0, 0.1) is 6.92 Å². The van der Waals surface area contributed by atoms with Crippen LogP contribution in [-0.2, 0) is 6.54 Å². The Morgan fingerprint density at radius 3 is 2.40 bits per heavy atom. The van der Waals surface area contributed by atoms with Gasteiger partial charge in [-0.15, -0.1) is 0 Å². The zero-order valence-corrected chi connectivity index (χ0v) is 11.5. The Labute approximate surface area is 118 Å². The predicted molar refractivity (Wildman–Crippen MR) is 81.6 cm³/mol. The maximum Gasteiger partial charge on any atom is 0.0785 e. The van der Waals surface area contributed by atoms with Crippen molar-refractivity contribution in [3.8, 4) is 16.9 Å². The number of nitrogens with two attached hydrogens (primary N) is 1. The molecule has 100 valence electrons. The molecule has 0 spiro atoms. The highest BCUT2D eigenvalue weighted by atomic mass is 15.3. The SMILES string of the molecule is Cc1ccccc1-n1ncc(CN)c1-c1ccccc1. The molecule has 2 aromatic carbocycles.